The third-order valence-electron chi connectivity index (χ3n) is 5.18. The van der Waals surface area contributed by atoms with Gasteiger partial charge in [0, 0.05) is 19.2 Å². The van der Waals surface area contributed by atoms with Crippen LogP contribution in [-0.4, -0.2) is 39.3 Å². The number of likely N-dealkylation sites (tertiary alicyclic amines) is 1. The molecule has 1 saturated heterocycles. The van der Waals surface area contributed by atoms with Crippen LogP contribution in [0.3, 0.4) is 0 Å². The van der Waals surface area contributed by atoms with E-state index >= 15 is 0 Å². The van der Waals surface area contributed by atoms with Crippen molar-refractivity contribution in [2.45, 2.75) is 25.4 Å². The van der Waals surface area contributed by atoms with Gasteiger partial charge in [-0.2, -0.15) is 0 Å². The van der Waals surface area contributed by atoms with Crippen molar-refractivity contribution in [2.75, 3.05) is 19.8 Å². The summed E-state index contributed by atoms with van der Waals surface area (Å²) in [5.41, 5.74) is 3.40. The number of nitrogens with zero attached hydrogens (tertiary/aromatic N) is 3. The minimum atomic E-state index is 0.0283. The number of rotatable bonds is 6. The van der Waals surface area contributed by atoms with E-state index in [-0.39, 0.29) is 6.61 Å². The molecule has 0 spiro atoms. The van der Waals surface area contributed by atoms with Crippen molar-refractivity contribution in [1.82, 2.24) is 14.5 Å². The Hall–Kier alpha value is -2.37. The molecule has 1 aromatic heterocycles. The third kappa shape index (κ3) is 3.20. The van der Waals surface area contributed by atoms with E-state index in [9.17, 15) is 0 Å². The monoisotopic (exact) mass is 351 g/mol. The number of aryl methyl sites for hydroxylation is 1. The van der Waals surface area contributed by atoms with E-state index in [1.165, 1.54) is 11.9 Å². The molecule has 0 unspecified atom stereocenters. The Morgan fingerprint density at radius 1 is 1.15 bits per heavy atom. The first kappa shape index (κ1) is 17.1. The molecule has 3 aromatic rings. The Kier molecular flexibility index (Phi) is 4.91. The maximum Gasteiger partial charge on any atom is 0.127 e. The van der Waals surface area contributed by atoms with E-state index in [2.05, 4.69) is 40.8 Å². The van der Waals surface area contributed by atoms with Gasteiger partial charge in [0.05, 0.1) is 23.7 Å². The zero-order chi connectivity index (χ0) is 17.9. The summed E-state index contributed by atoms with van der Waals surface area (Å²) in [6, 6.07) is 16.7. The molecular weight excluding hydrogens is 326 g/mol. The molecule has 136 valence electrons. The summed E-state index contributed by atoms with van der Waals surface area (Å²) in [6.45, 7) is 2.24. The molecule has 26 heavy (non-hydrogen) atoms. The third-order valence-corrected chi connectivity index (χ3v) is 5.18. The fourth-order valence-electron chi connectivity index (χ4n) is 3.92. The highest BCUT2D eigenvalue weighted by atomic mass is 16.5. The Bertz CT molecular complexity index is 890. The van der Waals surface area contributed by atoms with Crippen LogP contribution < -0.4 is 4.74 Å². The zero-order valence-corrected chi connectivity index (χ0v) is 15.1. The van der Waals surface area contributed by atoms with E-state index in [0.29, 0.717) is 12.6 Å². The highest BCUT2D eigenvalue weighted by Gasteiger charge is 2.30. The largest absolute Gasteiger partial charge is 0.491 e. The molecule has 0 radical (unpaired) electrons. The van der Waals surface area contributed by atoms with Crippen LogP contribution in [0.2, 0.25) is 0 Å². The number of aliphatic hydroxyl groups is 1. The molecular formula is C21H25N3O2. The molecule has 1 fully saturated rings. The van der Waals surface area contributed by atoms with Crippen molar-refractivity contribution in [3.8, 4) is 5.75 Å². The van der Waals surface area contributed by atoms with Gasteiger partial charge in [-0.05, 0) is 37.6 Å². The summed E-state index contributed by atoms with van der Waals surface area (Å²) in [5, 5.41) is 9.05. The number of aliphatic hydroxyl groups excluding tert-OH is 1. The molecule has 1 atom stereocenters. The Balaban J connectivity index is 1.60. The van der Waals surface area contributed by atoms with Crippen molar-refractivity contribution in [1.29, 1.82) is 0 Å². The number of aromatic nitrogens is 2. The van der Waals surface area contributed by atoms with E-state index in [1.807, 2.05) is 24.3 Å². The van der Waals surface area contributed by atoms with Gasteiger partial charge in [-0.3, -0.25) is 4.90 Å². The standard InChI is InChI=1S/C21H25N3O2/c1-23-18-9-4-3-8-17(18)22-21(23)19-10-6-12-24(19)15-16-7-2-5-11-20(16)26-14-13-25/h2-5,7-9,11,19,25H,6,10,12-15H2,1H3/t19-/m1/s1. The number of hydrogen-bond donors (Lipinski definition) is 1. The lowest BCUT2D eigenvalue weighted by atomic mass is 10.1. The molecule has 0 saturated carbocycles. The minimum absolute atomic E-state index is 0.0283. The predicted octanol–water partition coefficient (Wildman–Crippen LogP) is 3.28. The van der Waals surface area contributed by atoms with Crippen molar-refractivity contribution < 1.29 is 9.84 Å². The van der Waals surface area contributed by atoms with Crippen molar-refractivity contribution in [3.63, 3.8) is 0 Å². The molecule has 1 aliphatic heterocycles. The van der Waals surface area contributed by atoms with Gasteiger partial charge >= 0.3 is 0 Å². The lowest BCUT2D eigenvalue weighted by molar-refractivity contribution is 0.194. The highest BCUT2D eigenvalue weighted by molar-refractivity contribution is 5.75. The second kappa shape index (κ2) is 7.48. The van der Waals surface area contributed by atoms with E-state index < -0.39 is 0 Å². The Morgan fingerprint density at radius 3 is 2.81 bits per heavy atom. The number of ether oxygens (including phenoxy) is 1. The van der Waals surface area contributed by atoms with Crippen LogP contribution in [0.5, 0.6) is 5.75 Å². The normalized spacial score (nSPS) is 17.8. The van der Waals surface area contributed by atoms with Gasteiger partial charge in [-0.1, -0.05) is 30.3 Å². The van der Waals surface area contributed by atoms with Crippen molar-refractivity contribution in [2.24, 2.45) is 7.05 Å². The molecule has 2 heterocycles. The summed E-state index contributed by atoms with van der Waals surface area (Å²) >= 11 is 0. The lowest BCUT2D eigenvalue weighted by Gasteiger charge is -2.25. The molecule has 4 rings (SSSR count). The molecule has 5 heteroatoms. The molecule has 5 nitrogen and oxygen atoms in total. The first-order chi connectivity index (χ1) is 12.8. The van der Waals surface area contributed by atoms with Gasteiger partial charge < -0.3 is 14.4 Å². The predicted molar refractivity (Wildman–Crippen MR) is 102 cm³/mol. The average molecular weight is 351 g/mol. The number of benzene rings is 2. The van der Waals surface area contributed by atoms with Gasteiger partial charge in [-0.15, -0.1) is 0 Å². The summed E-state index contributed by atoms with van der Waals surface area (Å²) in [5.74, 6) is 2.00. The second-order valence-electron chi connectivity index (χ2n) is 6.83. The summed E-state index contributed by atoms with van der Waals surface area (Å²) in [6.07, 6.45) is 2.30. The zero-order valence-electron chi connectivity index (χ0n) is 15.1. The molecule has 2 aromatic carbocycles. The van der Waals surface area contributed by atoms with Crippen LogP contribution >= 0.6 is 0 Å². The van der Waals surface area contributed by atoms with Crippen molar-refractivity contribution in [3.05, 3.63) is 59.9 Å². The second-order valence-corrected chi connectivity index (χ2v) is 6.83. The van der Waals surface area contributed by atoms with Gasteiger partial charge in [0.25, 0.3) is 0 Å². The first-order valence-electron chi connectivity index (χ1n) is 9.25. The quantitative estimate of drug-likeness (QED) is 0.740. The summed E-state index contributed by atoms with van der Waals surface area (Å²) in [7, 11) is 2.11. The number of imidazole rings is 1. The fourth-order valence-corrected chi connectivity index (χ4v) is 3.92. The topological polar surface area (TPSA) is 50.5 Å². The molecule has 1 N–H and O–H groups in total. The van der Waals surface area contributed by atoms with Crippen LogP contribution in [0.15, 0.2) is 48.5 Å². The van der Waals surface area contributed by atoms with E-state index in [0.717, 1.165) is 42.2 Å². The van der Waals surface area contributed by atoms with Crippen LogP contribution in [-0.2, 0) is 13.6 Å². The number of hydrogen-bond acceptors (Lipinski definition) is 4. The molecule has 0 bridgehead atoms. The van der Waals surface area contributed by atoms with Crippen LogP contribution in [0.25, 0.3) is 11.0 Å². The minimum Gasteiger partial charge on any atom is -0.491 e. The first-order valence-corrected chi connectivity index (χ1v) is 9.25. The number of fused-ring (bicyclic) bond motifs is 1. The van der Waals surface area contributed by atoms with Crippen LogP contribution in [0.1, 0.15) is 30.3 Å². The van der Waals surface area contributed by atoms with Gasteiger partial charge in [0.2, 0.25) is 0 Å². The average Bonchev–Trinajstić information content (AvgIpc) is 3.25. The Labute approximate surface area is 153 Å². The fraction of sp³-hybridized carbons (Fsp3) is 0.381. The molecule has 0 amide bonds. The summed E-state index contributed by atoms with van der Waals surface area (Å²) < 4.78 is 7.94. The lowest BCUT2D eigenvalue weighted by Crippen LogP contribution is -2.25. The maximum atomic E-state index is 9.05. The van der Waals surface area contributed by atoms with Gasteiger partial charge in [-0.25, -0.2) is 4.98 Å². The number of para-hydroxylation sites is 3. The smallest absolute Gasteiger partial charge is 0.127 e. The Morgan fingerprint density at radius 2 is 1.96 bits per heavy atom. The van der Waals surface area contributed by atoms with Crippen LogP contribution in [0, 0.1) is 0 Å². The van der Waals surface area contributed by atoms with Crippen LogP contribution in [0.4, 0.5) is 0 Å². The van der Waals surface area contributed by atoms with Crippen molar-refractivity contribution >= 4 is 11.0 Å². The van der Waals surface area contributed by atoms with Gasteiger partial charge in [0.1, 0.15) is 18.2 Å². The SMILES string of the molecule is Cn1c([C@H]2CCCN2Cc2ccccc2OCCO)nc2ccccc21. The van der Waals surface area contributed by atoms with E-state index in [4.69, 9.17) is 14.8 Å². The van der Waals surface area contributed by atoms with Gasteiger partial charge in [0.15, 0.2) is 0 Å². The molecule has 1 aliphatic rings. The highest BCUT2D eigenvalue weighted by Crippen LogP contribution is 2.35. The molecule has 0 aliphatic carbocycles. The van der Waals surface area contributed by atoms with E-state index in [1.54, 1.807) is 0 Å². The summed E-state index contributed by atoms with van der Waals surface area (Å²) in [4.78, 5) is 7.40. The maximum absolute atomic E-state index is 9.05.